The van der Waals surface area contributed by atoms with Crippen molar-refractivity contribution < 1.29 is 28.8 Å². The Morgan fingerprint density at radius 3 is 1.20 bits per heavy atom. The van der Waals surface area contributed by atoms with Gasteiger partial charge in [-0.1, -0.05) is 121 Å². The van der Waals surface area contributed by atoms with Crippen LogP contribution in [0.5, 0.6) is 0 Å². The van der Waals surface area contributed by atoms with E-state index in [9.17, 15) is 5.11 Å². The molecule has 0 saturated carbocycles. The third-order valence-corrected chi connectivity index (χ3v) is 6.88. The Bertz CT molecular complexity index is 1240. The van der Waals surface area contributed by atoms with Gasteiger partial charge in [-0.2, -0.15) is 0 Å². The lowest BCUT2D eigenvalue weighted by Crippen LogP contribution is -2.61. The Morgan fingerprint density at radius 2 is 0.800 bits per heavy atom. The predicted octanol–water partition coefficient (Wildman–Crippen LogP) is 5.68. The number of rotatable bonds is 13. The van der Waals surface area contributed by atoms with Gasteiger partial charge in [-0.3, -0.25) is 0 Å². The first-order chi connectivity index (χ1) is 19.8. The van der Waals surface area contributed by atoms with E-state index in [2.05, 4.69) is 0 Å². The van der Waals surface area contributed by atoms with Crippen molar-refractivity contribution in [3.63, 3.8) is 0 Å². The van der Waals surface area contributed by atoms with Crippen LogP contribution in [-0.2, 0) is 50.1 Å². The first-order valence-corrected chi connectivity index (χ1v) is 13.7. The summed E-state index contributed by atoms with van der Waals surface area (Å²) in [4.78, 5) is 0. The van der Waals surface area contributed by atoms with Crippen LogP contribution < -0.4 is 0 Å². The third-order valence-electron chi connectivity index (χ3n) is 6.88. The standard InChI is InChI=1S/C34H36O6/c35-21-30-31(36-22-26-13-5-1-6-14-26)32(37-23-27-15-7-2-8-16-27)33(38-24-28-17-9-3-10-18-28)34(40-30)39-25-29-19-11-4-12-20-29/h1-20,30-35H,21-25H2/t30-,31+,32-,33-,34?/m0/s1. The first-order valence-electron chi connectivity index (χ1n) is 13.7. The minimum Gasteiger partial charge on any atom is -0.394 e. The third kappa shape index (κ3) is 7.86. The van der Waals surface area contributed by atoms with Crippen molar-refractivity contribution in [1.29, 1.82) is 0 Å². The van der Waals surface area contributed by atoms with Crippen LogP contribution in [0.4, 0.5) is 0 Å². The molecule has 1 N–H and O–H groups in total. The maximum absolute atomic E-state index is 10.4. The molecule has 5 rings (SSSR count). The number of benzene rings is 4. The van der Waals surface area contributed by atoms with E-state index in [-0.39, 0.29) is 6.61 Å². The molecule has 1 aliphatic rings. The zero-order chi connectivity index (χ0) is 27.4. The van der Waals surface area contributed by atoms with Crippen LogP contribution in [0.3, 0.4) is 0 Å². The van der Waals surface area contributed by atoms with Crippen LogP contribution in [-0.4, -0.2) is 42.4 Å². The second kappa shape index (κ2) is 14.9. The summed E-state index contributed by atoms with van der Waals surface area (Å²) < 4.78 is 32.1. The van der Waals surface area contributed by atoms with Crippen LogP contribution in [0.2, 0.25) is 0 Å². The van der Waals surface area contributed by atoms with Crippen LogP contribution in [0.15, 0.2) is 121 Å². The van der Waals surface area contributed by atoms with Gasteiger partial charge in [-0.25, -0.2) is 0 Å². The van der Waals surface area contributed by atoms with Crippen LogP contribution in [0, 0.1) is 0 Å². The molecule has 1 aliphatic heterocycles. The van der Waals surface area contributed by atoms with Gasteiger partial charge in [-0.15, -0.1) is 0 Å². The van der Waals surface area contributed by atoms with E-state index < -0.39 is 30.7 Å². The minimum absolute atomic E-state index is 0.249. The molecule has 1 unspecified atom stereocenters. The molecule has 0 spiro atoms. The highest BCUT2D eigenvalue weighted by Crippen LogP contribution is 2.31. The van der Waals surface area contributed by atoms with Gasteiger partial charge < -0.3 is 28.8 Å². The second-order valence-electron chi connectivity index (χ2n) is 9.81. The van der Waals surface area contributed by atoms with Gasteiger partial charge in [0.1, 0.15) is 24.4 Å². The fourth-order valence-corrected chi connectivity index (χ4v) is 4.78. The average molecular weight is 541 g/mol. The molecule has 4 aromatic rings. The molecule has 4 aromatic carbocycles. The van der Waals surface area contributed by atoms with Crippen LogP contribution in [0.1, 0.15) is 22.3 Å². The smallest absolute Gasteiger partial charge is 0.187 e. The molecular weight excluding hydrogens is 504 g/mol. The number of hydrogen-bond donors (Lipinski definition) is 1. The minimum atomic E-state index is -0.779. The predicted molar refractivity (Wildman–Crippen MR) is 152 cm³/mol. The Balaban J connectivity index is 1.41. The van der Waals surface area contributed by atoms with Gasteiger partial charge in [0.05, 0.1) is 33.0 Å². The molecule has 0 radical (unpaired) electrons. The van der Waals surface area contributed by atoms with Gasteiger partial charge in [0.25, 0.3) is 0 Å². The van der Waals surface area contributed by atoms with Gasteiger partial charge in [0.15, 0.2) is 6.29 Å². The molecule has 40 heavy (non-hydrogen) atoms. The summed E-state index contributed by atoms with van der Waals surface area (Å²) >= 11 is 0. The Labute approximate surface area is 236 Å². The number of ether oxygens (including phenoxy) is 5. The van der Waals surface area contributed by atoms with E-state index in [1.165, 1.54) is 0 Å². The van der Waals surface area contributed by atoms with Crippen molar-refractivity contribution >= 4 is 0 Å². The molecule has 1 fully saturated rings. The zero-order valence-electron chi connectivity index (χ0n) is 22.5. The molecule has 6 heteroatoms. The first kappa shape index (κ1) is 28.2. The van der Waals surface area contributed by atoms with E-state index >= 15 is 0 Å². The van der Waals surface area contributed by atoms with Crippen LogP contribution >= 0.6 is 0 Å². The second-order valence-corrected chi connectivity index (χ2v) is 9.81. The summed E-state index contributed by atoms with van der Waals surface area (Å²) in [5.74, 6) is 0. The lowest BCUT2D eigenvalue weighted by atomic mass is 9.97. The quantitative estimate of drug-likeness (QED) is 0.236. The molecular formula is C34H36O6. The Kier molecular flexibility index (Phi) is 10.5. The zero-order valence-corrected chi connectivity index (χ0v) is 22.5. The maximum Gasteiger partial charge on any atom is 0.187 e. The molecule has 0 amide bonds. The maximum atomic E-state index is 10.4. The topological polar surface area (TPSA) is 66.4 Å². The van der Waals surface area contributed by atoms with Crippen molar-refractivity contribution in [3.8, 4) is 0 Å². The SMILES string of the molecule is OC[C@@H]1OC(OCc2ccccc2)[C@@H](OCc2ccccc2)[C@@H](OCc2ccccc2)[C@@H]1OCc1ccccc1. The molecule has 6 nitrogen and oxygen atoms in total. The van der Waals surface area contributed by atoms with Gasteiger partial charge in [-0.05, 0) is 22.3 Å². The lowest BCUT2D eigenvalue weighted by Gasteiger charge is -2.45. The lowest BCUT2D eigenvalue weighted by molar-refractivity contribution is -0.329. The molecule has 1 heterocycles. The molecule has 1 saturated heterocycles. The van der Waals surface area contributed by atoms with E-state index in [1.54, 1.807) is 0 Å². The highest BCUT2D eigenvalue weighted by atomic mass is 16.7. The van der Waals surface area contributed by atoms with E-state index in [0.29, 0.717) is 26.4 Å². The molecule has 0 aromatic heterocycles. The largest absolute Gasteiger partial charge is 0.394 e. The van der Waals surface area contributed by atoms with Crippen molar-refractivity contribution in [1.82, 2.24) is 0 Å². The van der Waals surface area contributed by atoms with Gasteiger partial charge in [0, 0.05) is 0 Å². The van der Waals surface area contributed by atoms with E-state index in [4.69, 9.17) is 23.7 Å². The van der Waals surface area contributed by atoms with E-state index in [0.717, 1.165) is 22.3 Å². The summed E-state index contributed by atoms with van der Waals surface area (Å²) in [6.07, 6.45) is -3.22. The Morgan fingerprint density at radius 1 is 0.450 bits per heavy atom. The summed E-state index contributed by atoms with van der Waals surface area (Å²) in [7, 11) is 0. The normalized spacial score (nSPS) is 22.7. The fraction of sp³-hybridized carbons (Fsp3) is 0.294. The molecule has 5 atom stereocenters. The van der Waals surface area contributed by atoms with Crippen molar-refractivity contribution in [2.75, 3.05) is 6.61 Å². The summed E-state index contributed by atoms with van der Waals surface area (Å²) in [6, 6.07) is 39.8. The number of hydrogen-bond acceptors (Lipinski definition) is 6. The molecule has 0 bridgehead atoms. The molecule has 0 aliphatic carbocycles. The van der Waals surface area contributed by atoms with Crippen LogP contribution in [0.25, 0.3) is 0 Å². The average Bonchev–Trinajstić information content (AvgIpc) is 3.03. The van der Waals surface area contributed by atoms with E-state index in [1.807, 2.05) is 121 Å². The van der Waals surface area contributed by atoms with Gasteiger partial charge in [0.2, 0.25) is 0 Å². The van der Waals surface area contributed by atoms with Crippen molar-refractivity contribution in [3.05, 3.63) is 144 Å². The number of aliphatic hydroxyl groups excluding tert-OH is 1. The molecule has 208 valence electrons. The highest BCUT2D eigenvalue weighted by Gasteiger charge is 2.48. The van der Waals surface area contributed by atoms with Crippen molar-refractivity contribution in [2.45, 2.75) is 57.1 Å². The number of aliphatic hydroxyl groups is 1. The summed E-state index contributed by atoms with van der Waals surface area (Å²) in [5, 5.41) is 10.4. The fourth-order valence-electron chi connectivity index (χ4n) is 4.78. The van der Waals surface area contributed by atoms with Crippen molar-refractivity contribution in [2.24, 2.45) is 0 Å². The van der Waals surface area contributed by atoms with Gasteiger partial charge >= 0.3 is 0 Å². The summed E-state index contributed by atoms with van der Waals surface area (Å²) in [6.45, 7) is 1.13. The summed E-state index contributed by atoms with van der Waals surface area (Å²) in [5.41, 5.74) is 4.08. The Hall–Kier alpha value is -3.36. The highest BCUT2D eigenvalue weighted by molar-refractivity contribution is 5.16. The monoisotopic (exact) mass is 540 g/mol.